The van der Waals surface area contributed by atoms with Gasteiger partial charge in [0.15, 0.2) is 0 Å². The molecule has 0 saturated heterocycles. The van der Waals surface area contributed by atoms with E-state index < -0.39 is 0 Å². The summed E-state index contributed by atoms with van der Waals surface area (Å²) in [4.78, 5) is 23.6. The first kappa shape index (κ1) is 19.4. The van der Waals surface area contributed by atoms with Crippen molar-refractivity contribution in [3.8, 4) is 0 Å². The summed E-state index contributed by atoms with van der Waals surface area (Å²) in [5.41, 5.74) is 3.28. The van der Waals surface area contributed by atoms with Crippen LogP contribution in [0.4, 0.5) is 4.79 Å². The van der Waals surface area contributed by atoms with E-state index in [9.17, 15) is 4.79 Å². The average molecular weight is 374 g/mol. The molecule has 0 fully saturated rings. The Hall–Kier alpha value is -2.35. The van der Waals surface area contributed by atoms with Crippen LogP contribution in [-0.4, -0.2) is 56.2 Å². The van der Waals surface area contributed by atoms with E-state index in [0.717, 1.165) is 50.5 Å². The van der Waals surface area contributed by atoms with Gasteiger partial charge in [-0.15, -0.1) is 0 Å². The number of nitrogens with zero attached hydrogens (tertiary/aromatic N) is 5. The average Bonchev–Trinajstić information content (AvgIpc) is 3.20. The van der Waals surface area contributed by atoms with E-state index in [4.69, 9.17) is 0 Å². The minimum atomic E-state index is -0.0991. The molecule has 148 valence electrons. The van der Waals surface area contributed by atoms with E-state index in [0.29, 0.717) is 6.54 Å². The standard InChI is InChI=1S/C19H31N7O/c1-4-5-7-18-20-12-16(22-18)13-25-8-6-9-26-17(14-25)10-15(23-26)11-21-19(27)24(2)3/h10,12H,4-9,11,13-14H2,1-3H3,(H,20,22)(H,21,27). The first-order valence-electron chi connectivity index (χ1n) is 9.81. The molecule has 0 atom stereocenters. The molecule has 0 aliphatic carbocycles. The van der Waals surface area contributed by atoms with E-state index >= 15 is 0 Å². The Labute approximate surface area is 160 Å². The largest absolute Gasteiger partial charge is 0.345 e. The Balaban J connectivity index is 1.58. The van der Waals surface area contributed by atoms with Crippen LogP contribution in [0.2, 0.25) is 0 Å². The number of imidazole rings is 1. The lowest BCUT2D eigenvalue weighted by Crippen LogP contribution is -2.34. The Morgan fingerprint density at radius 2 is 2.22 bits per heavy atom. The van der Waals surface area contributed by atoms with Crippen molar-refractivity contribution in [3.63, 3.8) is 0 Å². The number of aromatic nitrogens is 4. The van der Waals surface area contributed by atoms with Crippen LogP contribution < -0.4 is 5.32 Å². The molecule has 0 saturated carbocycles. The zero-order valence-corrected chi connectivity index (χ0v) is 16.7. The number of hydrogen-bond donors (Lipinski definition) is 2. The number of rotatable bonds is 7. The molecule has 27 heavy (non-hydrogen) atoms. The number of carbonyl (C=O) groups excluding carboxylic acids is 1. The number of hydrogen-bond acceptors (Lipinski definition) is 4. The maximum Gasteiger partial charge on any atom is 0.317 e. The number of unbranched alkanes of at least 4 members (excludes halogenated alkanes) is 1. The molecule has 8 nitrogen and oxygen atoms in total. The molecule has 3 rings (SSSR count). The predicted molar refractivity (Wildman–Crippen MR) is 104 cm³/mol. The van der Waals surface area contributed by atoms with Crippen LogP contribution in [0.1, 0.15) is 49.1 Å². The zero-order valence-electron chi connectivity index (χ0n) is 16.7. The second-order valence-corrected chi connectivity index (χ2v) is 7.43. The van der Waals surface area contributed by atoms with Gasteiger partial charge < -0.3 is 15.2 Å². The first-order valence-corrected chi connectivity index (χ1v) is 9.81. The number of carbonyl (C=O) groups is 1. The highest BCUT2D eigenvalue weighted by Crippen LogP contribution is 2.16. The normalized spacial score (nSPS) is 14.6. The van der Waals surface area contributed by atoms with Crippen LogP contribution in [-0.2, 0) is 32.6 Å². The van der Waals surface area contributed by atoms with Gasteiger partial charge in [0.2, 0.25) is 0 Å². The molecule has 0 bridgehead atoms. The van der Waals surface area contributed by atoms with E-state index in [1.807, 2.05) is 6.20 Å². The van der Waals surface area contributed by atoms with Crippen molar-refractivity contribution in [1.82, 2.24) is 34.9 Å². The minimum Gasteiger partial charge on any atom is -0.345 e. The number of amides is 2. The molecule has 2 aromatic heterocycles. The van der Waals surface area contributed by atoms with E-state index in [1.165, 1.54) is 29.1 Å². The number of H-pyrrole nitrogens is 1. The summed E-state index contributed by atoms with van der Waals surface area (Å²) in [6.45, 7) is 6.34. The summed E-state index contributed by atoms with van der Waals surface area (Å²) >= 11 is 0. The Morgan fingerprint density at radius 3 is 3.00 bits per heavy atom. The number of nitrogens with one attached hydrogen (secondary N) is 2. The molecule has 2 amide bonds. The van der Waals surface area contributed by atoms with Gasteiger partial charge in [0, 0.05) is 58.6 Å². The summed E-state index contributed by atoms with van der Waals surface area (Å²) in [5.74, 6) is 1.09. The topological polar surface area (TPSA) is 82.1 Å². The van der Waals surface area contributed by atoms with E-state index in [-0.39, 0.29) is 6.03 Å². The smallest absolute Gasteiger partial charge is 0.317 e. The van der Waals surface area contributed by atoms with Gasteiger partial charge in [-0.2, -0.15) is 5.10 Å². The van der Waals surface area contributed by atoms with Gasteiger partial charge in [-0.1, -0.05) is 13.3 Å². The van der Waals surface area contributed by atoms with Crippen molar-refractivity contribution >= 4 is 6.03 Å². The van der Waals surface area contributed by atoms with Crippen molar-refractivity contribution in [2.75, 3.05) is 20.6 Å². The third kappa shape index (κ3) is 5.32. The highest BCUT2D eigenvalue weighted by Gasteiger charge is 2.18. The molecule has 0 spiro atoms. The molecule has 0 aromatic carbocycles. The van der Waals surface area contributed by atoms with Crippen molar-refractivity contribution in [3.05, 3.63) is 35.2 Å². The summed E-state index contributed by atoms with van der Waals surface area (Å²) in [7, 11) is 3.47. The van der Waals surface area contributed by atoms with Crippen molar-refractivity contribution < 1.29 is 4.79 Å². The van der Waals surface area contributed by atoms with Gasteiger partial charge in [0.1, 0.15) is 5.82 Å². The fourth-order valence-corrected chi connectivity index (χ4v) is 3.33. The maximum absolute atomic E-state index is 11.7. The highest BCUT2D eigenvalue weighted by atomic mass is 16.2. The Morgan fingerprint density at radius 1 is 1.37 bits per heavy atom. The maximum atomic E-state index is 11.7. The predicted octanol–water partition coefficient (Wildman–Crippen LogP) is 2.13. The molecule has 2 N–H and O–H groups in total. The van der Waals surface area contributed by atoms with E-state index in [2.05, 4.69) is 43.0 Å². The van der Waals surface area contributed by atoms with Crippen molar-refractivity contribution in [1.29, 1.82) is 0 Å². The van der Waals surface area contributed by atoms with Crippen LogP contribution in [0.3, 0.4) is 0 Å². The minimum absolute atomic E-state index is 0.0991. The van der Waals surface area contributed by atoms with Gasteiger partial charge in [0.05, 0.1) is 17.9 Å². The third-order valence-electron chi connectivity index (χ3n) is 4.81. The van der Waals surface area contributed by atoms with Crippen LogP contribution in [0.25, 0.3) is 0 Å². The van der Waals surface area contributed by atoms with Crippen LogP contribution in [0, 0.1) is 0 Å². The van der Waals surface area contributed by atoms with Crippen LogP contribution in [0.5, 0.6) is 0 Å². The number of aryl methyl sites for hydroxylation is 2. The Bertz CT molecular complexity index is 749. The second kappa shape index (κ2) is 9.03. The van der Waals surface area contributed by atoms with Crippen LogP contribution >= 0.6 is 0 Å². The monoisotopic (exact) mass is 373 g/mol. The summed E-state index contributed by atoms with van der Waals surface area (Å²) in [6.07, 6.45) is 6.40. The third-order valence-corrected chi connectivity index (χ3v) is 4.81. The molecule has 1 aliphatic heterocycles. The summed E-state index contributed by atoms with van der Waals surface area (Å²) in [6, 6.07) is 2.01. The molecular weight excluding hydrogens is 342 g/mol. The first-order chi connectivity index (χ1) is 13.0. The van der Waals surface area contributed by atoms with E-state index in [1.54, 1.807) is 14.1 Å². The highest BCUT2D eigenvalue weighted by molar-refractivity contribution is 5.73. The van der Waals surface area contributed by atoms with Gasteiger partial charge in [-0.25, -0.2) is 9.78 Å². The number of aromatic amines is 1. The second-order valence-electron chi connectivity index (χ2n) is 7.43. The van der Waals surface area contributed by atoms with Gasteiger partial charge in [0.25, 0.3) is 0 Å². The molecule has 1 aliphatic rings. The number of fused-ring (bicyclic) bond motifs is 1. The summed E-state index contributed by atoms with van der Waals surface area (Å²) < 4.78 is 2.08. The molecule has 8 heteroatoms. The van der Waals surface area contributed by atoms with Crippen LogP contribution in [0.15, 0.2) is 12.3 Å². The van der Waals surface area contributed by atoms with Gasteiger partial charge in [-0.05, 0) is 18.9 Å². The van der Waals surface area contributed by atoms with Crippen molar-refractivity contribution in [2.24, 2.45) is 0 Å². The molecule has 2 aromatic rings. The fraction of sp³-hybridized carbons (Fsp3) is 0.632. The quantitative estimate of drug-likeness (QED) is 0.779. The fourth-order valence-electron chi connectivity index (χ4n) is 3.33. The zero-order chi connectivity index (χ0) is 19.2. The van der Waals surface area contributed by atoms with Crippen molar-refractivity contribution in [2.45, 2.75) is 58.8 Å². The lowest BCUT2D eigenvalue weighted by Gasteiger charge is -2.18. The molecule has 3 heterocycles. The summed E-state index contributed by atoms with van der Waals surface area (Å²) in [5, 5.41) is 7.54. The number of urea groups is 1. The lowest BCUT2D eigenvalue weighted by molar-refractivity contribution is 0.217. The van der Waals surface area contributed by atoms with Gasteiger partial charge >= 0.3 is 6.03 Å². The lowest BCUT2D eigenvalue weighted by atomic mass is 10.2. The van der Waals surface area contributed by atoms with Gasteiger partial charge in [-0.3, -0.25) is 9.58 Å². The molecule has 0 unspecified atom stereocenters. The molecular formula is C19H31N7O. The Kier molecular flexibility index (Phi) is 6.49. The SMILES string of the molecule is CCCCc1ncc(CN2CCCn3nc(CNC(=O)N(C)C)cc3C2)[nH]1. The molecule has 0 radical (unpaired) electrons.